The molecule has 0 bridgehead atoms. The Bertz CT molecular complexity index is 618. The number of aliphatic imine (C=N–C) groups is 1. The van der Waals surface area contributed by atoms with Crippen LogP contribution in [-0.4, -0.2) is 25.7 Å². The first-order chi connectivity index (χ1) is 10.5. The second kappa shape index (κ2) is 8.56. The molecule has 1 N–H and O–H groups in total. The van der Waals surface area contributed by atoms with E-state index in [9.17, 15) is 9.59 Å². The van der Waals surface area contributed by atoms with E-state index in [0.717, 1.165) is 17.5 Å². The molecule has 22 heavy (non-hydrogen) atoms. The quantitative estimate of drug-likeness (QED) is 0.478. The van der Waals surface area contributed by atoms with Gasteiger partial charge in [-0.1, -0.05) is 25.6 Å². The zero-order chi connectivity index (χ0) is 16.5. The van der Waals surface area contributed by atoms with Crippen LogP contribution in [-0.2, 0) is 22.4 Å². The van der Waals surface area contributed by atoms with E-state index in [-0.39, 0.29) is 12.3 Å². The van der Waals surface area contributed by atoms with Crippen molar-refractivity contribution < 1.29 is 14.3 Å². The van der Waals surface area contributed by atoms with Crippen LogP contribution in [0.2, 0.25) is 0 Å². The minimum absolute atomic E-state index is 0.137. The highest BCUT2D eigenvalue weighted by atomic mass is 16.5. The van der Waals surface area contributed by atoms with E-state index < -0.39 is 5.97 Å². The third kappa shape index (κ3) is 4.70. The zero-order valence-electron chi connectivity index (χ0n) is 12.9. The van der Waals surface area contributed by atoms with Crippen molar-refractivity contribution in [3.05, 3.63) is 59.4 Å². The van der Waals surface area contributed by atoms with E-state index in [4.69, 9.17) is 4.74 Å². The number of nitrogens with one attached hydrogen (secondary N) is 1. The van der Waals surface area contributed by atoms with Crippen molar-refractivity contribution in [2.45, 2.75) is 19.8 Å². The largest absolute Gasteiger partial charge is 0.465 e. The lowest BCUT2D eigenvalue weighted by atomic mass is 9.99. The number of nitrogens with zero attached hydrogens (tertiary/aromatic N) is 1. The maximum atomic E-state index is 12.1. The highest BCUT2D eigenvalue weighted by molar-refractivity contribution is 5.90. The van der Waals surface area contributed by atoms with Gasteiger partial charge in [0.2, 0.25) is 5.91 Å². The van der Waals surface area contributed by atoms with E-state index in [1.807, 2.05) is 13.0 Å². The molecular weight excluding hydrogens is 280 g/mol. The lowest BCUT2D eigenvalue weighted by Gasteiger charge is -2.10. The molecule has 0 heterocycles. The molecule has 1 rings (SSSR count). The molecule has 0 saturated carbocycles. The Morgan fingerprint density at radius 3 is 2.64 bits per heavy atom. The van der Waals surface area contributed by atoms with Crippen LogP contribution in [0.15, 0.2) is 47.7 Å². The average molecular weight is 300 g/mol. The molecule has 116 valence electrons. The molecule has 5 heteroatoms. The third-order valence-corrected chi connectivity index (χ3v) is 3.07. The van der Waals surface area contributed by atoms with Crippen molar-refractivity contribution in [2.75, 3.05) is 7.11 Å². The van der Waals surface area contributed by atoms with Crippen molar-refractivity contribution in [3.8, 4) is 0 Å². The molecule has 0 aliphatic rings. The van der Waals surface area contributed by atoms with Crippen LogP contribution < -0.4 is 5.32 Å². The van der Waals surface area contributed by atoms with E-state index in [1.165, 1.54) is 13.2 Å². The first-order valence-corrected chi connectivity index (χ1v) is 6.85. The molecule has 0 radical (unpaired) electrons. The number of aryl methyl sites for hydroxylation is 1. The number of carbonyl (C=O) groups excluding carboxylic acids is 2. The fourth-order valence-electron chi connectivity index (χ4n) is 1.99. The predicted molar refractivity (Wildman–Crippen MR) is 86.8 cm³/mol. The highest BCUT2D eigenvalue weighted by Crippen LogP contribution is 2.15. The summed E-state index contributed by atoms with van der Waals surface area (Å²) in [7, 11) is 1.32. The molecule has 0 spiro atoms. The molecule has 1 aromatic rings. The summed E-state index contributed by atoms with van der Waals surface area (Å²) in [6, 6.07) is 5.21. The summed E-state index contributed by atoms with van der Waals surface area (Å²) in [6.45, 7) is 8.91. The number of benzene rings is 1. The number of hydrogen-bond donors (Lipinski definition) is 1. The number of amides is 1. The van der Waals surface area contributed by atoms with Gasteiger partial charge in [0.15, 0.2) is 0 Å². The summed E-state index contributed by atoms with van der Waals surface area (Å²) in [5.41, 5.74) is 2.21. The second-order valence-electron chi connectivity index (χ2n) is 4.50. The molecule has 0 aromatic heterocycles. The predicted octanol–water partition coefficient (Wildman–Crippen LogP) is 2.42. The molecule has 0 aliphatic heterocycles. The topological polar surface area (TPSA) is 67.8 Å². The van der Waals surface area contributed by atoms with Gasteiger partial charge < -0.3 is 10.1 Å². The molecule has 5 nitrogen and oxygen atoms in total. The van der Waals surface area contributed by atoms with Crippen molar-refractivity contribution in [1.29, 1.82) is 0 Å². The molecule has 0 fully saturated rings. The molecule has 0 aliphatic carbocycles. The summed E-state index contributed by atoms with van der Waals surface area (Å²) in [5, 5.41) is 2.64. The Hall–Kier alpha value is -2.69. The van der Waals surface area contributed by atoms with Gasteiger partial charge in [0.1, 0.15) is 5.82 Å². The van der Waals surface area contributed by atoms with Crippen molar-refractivity contribution in [3.63, 3.8) is 0 Å². The van der Waals surface area contributed by atoms with Gasteiger partial charge in [0, 0.05) is 0 Å². The van der Waals surface area contributed by atoms with Gasteiger partial charge >= 0.3 is 5.97 Å². The van der Waals surface area contributed by atoms with Crippen molar-refractivity contribution in [1.82, 2.24) is 5.32 Å². The van der Waals surface area contributed by atoms with Crippen LogP contribution in [0, 0.1) is 0 Å². The lowest BCUT2D eigenvalue weighted by molar-refractivity contribution is -0.119. The Morgan fingerprint density at radius 2 is 2.09 bits per heavy atom. The van der Waals surface area contributed by atoms with Gasteiger partial charge in [-0.15, -0.1) is 0 Å². The fraction of sp³-hybridized carbons (Fsp3) is 0.235. The van der Waals surface area contributed by atoms with Crippen LogP contribution in [0.25, 0.3) is 0 Å². The SMILES string of the molecule is C=C/C=C(\N=C)NC(=O)Cc1cc(C(=O)OC)ccc1CC. The molecule has 0 saturated heterocycles. The highest BCUT2D eigenvalue weighted by Gasteiger charge is 2.12. The minimum Gasteiger partial charge on any atom is -0.465 e. The molecule has 0 unspecified atom stereocenters. The summed E-state index contributed by atoms with van der Waals surface area (Å²) in [4.78, 5) is 27.4. The summed E-state index contributed by atoms with van der Waals surface area (Å²) < 4.78 is 4.70. The Morgan fingerprint density at radius 1 is 1.36 bits per heavy atom. The number of methoxy groups -OCH3 is 1. The molecular formula is C17H20N2O3. The van der Waals surface area contributed by atoms with Crippen LogP contribution >= 0.6 is 0 Å². The number of allylic oxidation sites excluding steroid dienone is 2. The second-order valence-corrected chi connectivity index (χ2v) is 4.50. The molecule has 1 amide bonds. The average Bonchev–Trinajstić information content (AvgIpc) is 2.53. The summed E-state index contributed by atoms with van der Waals surface area (Å²) in [5.74, 6) is -0.330. The first kappa shape index (κ1) is 17.4. The number of hydrogen-bond acceptors (Lipinski definition) is 4. The van der Waals surface area contributed by atoms with Crippen molar-refractivity contribution in [2.24, 2.45) is 4.99 Å². The maximum absolute atomic E-state index is 12.1. The summed E-state index contributed by atoms with van der Waals surface area (Å²) in [6.07, 6.45) is 3.97. The molecule has 0 atom stereocenters. The lowest BCUT2D eigenvalue weighted by Crippen LogP contribution is -2.24. The van der Waals surface area contributed by atoms with Crippen molar-refractivity contribution >= 4 is 18.6 Å². The van der Waals surface area contributed by atoms with Gasteiger partial charge in [-0.3, -0.25) is 4.79 Å². The van der Waals surface area contributed by atoms with E-state index in [1.54, 1.807) is 18.2 Å². The number of rotatable bonds is 7. The number of ether oxygens (including phenoxy) is 1. The number of carbonyl (C=O) groups is 2. The third-order valence-electron chi connectivity index (χ3n) is 3.07. The van der Waals surface area contributed by atoms with Gasteiger partial charge in [-0.2, -0.15) is 0 Å². The minimum atomic E-state index is -0.427. The van der Waals surface area contributed by atoms with Gasteiger partial charge in [0.05, 0.1) is 19.1 Å². The van der Waals surface area contributed by atoms with Crippen LogP contribution in [0.1, 0.15) is 28.4 Å². The Balaban J connectivity index is 2.97. The molecule has 1 aromatic carbocycles. The van der Waals surface area contributed by atoms with Crippen LogP contribution in [0.4, 0.5) is 0 Å². The Labute approximate surface area is 130 Å². The zero-order valence-corrected chi connectivity index (χ0v) is 12.9. The van der Waals surface area contributed by atoms with Crippen LogP contribution in [0.3, 0.4) is 0 Å². The smallest absolute Gasteiger partial charge is 0.337 e. The number of esters is 1. The standard InChI is InChI=1S/C17H20N2O3/c1-5-7-15(18-3)19-16(20)11-14-10-13(17(21)22-4)9-8-12(14)6-2/h5,7-10H,1,3,6,11H2,2,4H3,(H,19,20)/b15-7+. The first-order valence-electron chi connectivity index (χ1n) is 6.85. The summed E-state index contributed by atoms with van der Waals surface area (Å²) >= 11 is 0. The maximum Gasteiger partial charge on any atom is 0.337 e. The van der Waals surface area contributed by atoms with Gasteiger partial charge in [-0.05, 0) is 42.5 Å². The van der Waals surface area contributed by atoms with Gasteiger partial charge in [0.25, 0.3) is 0 Å². The van der Waals surface area contributed by atoms with Crippen LogP contribution in [0.5, 0.6) is 0 Å². The normalized spacial score (nSPS) is 10.7. The fourth-order valence-corrected chi connectivity index (χ4v) is 1.99. The monoisotopic (exact) mass is 300 g/mol. The Kier molecular flexibility index (Phi) is 6.76. The van der Waals surface area contributed by atoms with E-state index in [2.05, 4.69) is 23.6 Å². The van der Waals surface area contributed by atoms with Gasteiger partial charge in [-0.25, -0.2) is 9.79 Å². The van der Waals surface area contributed by atoms with E-state index in [0.29, 0.717) is 11.4 Å². The van der Waals surface area contributed by atoms with E-state index >= 15 is 0 Å².